The van der Waals surface area contributed by atoms with E-state index < -0.39 is 40.8 Å². The number of nitrogens with zero attached hydrogens (tertiary/aromatic N) is 5. The highest BCUT2D eigenvalue weighted by molar-refractivity contribution is 8.00. The monoisotopic (exact) mass is 573 g/mol. The summed E-state index contributed by atoms with van der Waals surface area (Å²) < 4.78 is 1.73. The number of nitrogen functional groups attached to an aromatic ring is 1. The van der Waals surface area contributed by atoms with Crippen LogP contribution in [-0.4, -0.2) is 72.2 Å². The fraction of sp³-hybridized carbons (Fsp3) is 0.391. The van der Waals surface area contributed by atoms with Crippen LogP contribution >= 0.6 is 23.1 Å². The second kappa shape index (κ2) is 10.6. The molecule has 2 atom stereocenters. The molecule has 1 saturated heterocycles. The summed E-state index contributed by atoms with van der Waals surface area (Å²) in [6, 6.07) is -1.06. The van der Waals surface area contributed by atoms with Gasteiger partial charge in [-0.1, -0.05) is 5.16 Å². The lowest BCUT2D eigenvalue weighted by Crippen LogP contribution is -2.71. The van der Waals surface area contributed by atoms with Gasteiger partial charge in [-0.15, -0.1) is 23.1 Å². The predicted molar refractivity (Wildman–Crippen MR) is 134 cm³/mol. The number of carboxylic acid groups (broad SMARTS) is 2. The molecule has 39 heavy (non-hydrogen) atoms. The van der Waals surface area contributed by atoms with Crippen molar-refractivity contribution in [1.82, 2.24) is 20.2 Å². The van der Waals surface area contributed by atoms with Crippen molar-refractivity contribution in [3.8, 4) is 0 Å². The van der Waals surface area contributed by atoms with Crippen molar-refractivity contribution in [2.45, 2.75) is 49.2 Å². The molecule has 0 radical (unpaired) electrons. The average Bonchev–Trinajstić information content (AvgIpc) is 3.57. The number of aromatic nitrogens is 3. The summed E-state index contributed by atoms with van der Waals surface area (Å²) in [5.74, 6) is -3.87. The van der Waals surface area contributed by atoms with Crippen molar-refractivity contribution in [2.75, 3.05) is 11.5 Å². The van der Waals surface area contributed by atoms with Crippen molar-refractivity contribution in [3.05, 3.63) is 47.1 Å². The van der Waals surface area contributed by atoms with Crippen LogP contribution < -0.4 is 20.7 Å². The third-order valence-electron chi connectivity index (χ3n) is 6.68. The summed E-state index contributed by atoms with van der Waals surface area (Å²) in [6.07, 6.45) is 8.19. The molecule has 2 aromatic heterocycles. The van der Waals surface area contributed by atoms with Crippen molar-refractivity contribution in [3.63, 3.8) is 0 Å². The summed E-state index contributed by atoms with van der Waals surface area (Å²) in [5, 5.41) is 29.1. The number of fused-ring (bicyclic) bond motifs is 1. The number of nitrogens with one attached hydrogen (secondary N) is 1. The first-order valence-electron chi connectivity index (χ1n) is 11.9. The second-order valence-corrected chi connectivity index (χ2v) is 11.1. The molecular weight excluding hydrogens is 550 g/mol. The van der Waals surface area contributed by atoms with E-state index in [0.29, 0.717) is 18.4 Å². The van der Waals surface area contributed by atoms with E-state index >= 15 is 0 Å². The van der Waals surface area contributed by atoms with Crippen LogP contribution in [0.2, 0.25) is 0 Å². The molecular formula is C23H23N7O7S2. The normalized spacial score (nSPS) is 22.2. The lowest BCUT2D eigenvalue weighted by molar-refractivity contribution is -0.689. The number of thiazole rings is 1. The van der Waals surface area contributed by atoms with Gasteiger partial charge in [0.2, 0.25) is 5.60 Å². The molecule has 4 heterocycles. The molecule has 204 valence electrons. The van der Waals surface area contributed by atoms with E-state index in [4.69, 9.17) is 10.6 Å². The number of thioether (sulfide) groups is 1. The molecule has 0 spiro atoms. The highest BCUT2D eigenvalue weighted by Crippen LogP contribution is 2.40. The van der Waals surface area contributed by atoms with E-state index in [9.17, 15) is 29.4 Å². The minimum Gasteiger partial charge on any atom is -0.543 e. The third kappa shape index (κ3) is 5.04. The summed E-state index contributed by atoms with van der Waals surface area (Å²) in [6.45, 7) is 0.219. The number of oxime groups is 1. The van der Waals surface area contributed by atoms with Crippen LogP contribution in [0.5, 0.6) is 0 Å². The SMILES string of the molecule is Nc1nc(/C(=N\OC2(C(=O)O)CCCC2)C(=O)NC2C(=O)N3C(C(=O)[O-])=C(C[n+]4ccncc4)CS[C@H]23)cs1. The largest absolute Gasteiger partial charge is 0.543 e. The van der Waals surface area contributed by atoms with Crippen LogP contribution in [0.25, 0.3) is 0 Å². The second-order valence-electron chi connectivity index (χ2n) is 9.13. The molecule has 0 aromatic carbocycles. The summed E-state index contributed by atoms with van der Waals surface area (Å²) >= 11 is 2.34. The maximum atomic E-state index is 13.3. The fourth-order valence-electron chi connectivity index (χ4n) is 4.70. The Morgan fingerprint density at radius 1 is 1.31 bits per heavy atom. The molecule has 1 saturated carbocycles. The highest BCUT2D eigenvalue weighted by atomic mass is 32.2. The van der Waals surface area contributed by atoms with E-state index in [2.05, 4.69) is 20.4 Å². The van der Waals surface area contributed by atoms with Crippen LogP contribution in [0.3, 0.4) is 0 Å². The van der Waals surface area contributed by atoms with Crippen LogP contribution in [0.15, 0.2) is 46.6 Å². The van der Waals surface area contributed by atoms with E-state index in [1.165, 1.54) is 17.1 Å². The van der Waals surface area contributed by atoms with Gasteiger partial charge in [0.05, 0.1) is 24.1 Å². The van der Waals surface area contributed by atoms with Crippen molar-refractivity contribution >= 4 is 57.7 Å². The lowest BCUT2D eigenvalue weighted by Gasteiger charge is -2.50. The van der Waals surface area contributed by atoms with Crippen LogP contribution in [0, 0.1) is 0 Å². The van der Waals surface area contributed by atoms with Gasteiger partial charge in [-0.25, -0.2) is 9.78 Å². The Bertz CT molecular complexity index is 1390. The van der Waals surface area contributed by atoms with Gasteiger partial charge in [0.15, 0.2) is 29.8 Å². The molecule has 16 heteroatoms. The summed E-state index contributed by atoms with van der Waals surface area (Å²) in [4.78, 5) is 64.8. The number of carbonyl (C=O) groups is 4. The summed E-state index contributed by atoms with van der Waals surface area (Å²) in [7, 11) is 0. The van der Waals surface area contributed by atoms with Gasteiger partial charge in [-0.05, 0) is 12.8 Å². The first-order chi connectivity index (χ1) is 18.7. The molecule has 14 nitrogen and oxygen atoms in total. The molecule has 2 fully saturated rings. The van der Waals surface area contributed by atoms with Crippen LogP contribution in [0.1, 0.15) is 31.4 Å². The molecule has 1 aliphatic carbocycles. The topological polar surface area (TPSA) is 204 Å². The van der Waals surface area contributed by atoms with Gasteiger partial charge in [0.25, 0.3) is 11.8 Å². The summed E-state index contributed by atoms with van der Waals surface area (Å²) in [5.41, 5.74) is 4.12. The van der Waals surface area contributed by atoms with Crippen molar-refractivity contribution in [2.24, 2.45) is 5.16 Å². The van der Waals surface area contributed by atoms with E-state index in [-0.39, 0.29) is 47.4 Å². The number of anilines is 1. The number of hydrogen-bond acceptors (Lipinski definition) is 12. The van der Waals surface area contributed by atoms with Gasteiger partial charge in [0.1, 0.15) is 17.1 Å². The van der Waals surface area contributed by atoms with Gasteiger partial charge >= 0.3 is 5.97 Å². The maximum absolute atomic E-state index is 13.3. The Hall–Kier alpha value is -4.05. The Labute approximate surface area is 229 Å². The van der Waals surface area contributed by atoms with E-state index in [1.54, 1.807) is 29.4 Å². The predicted octanol–water partition coefficient (Wildman–Crippen LogP) is -1.37. The minimum absolute atomic E-state index is 0.0560. The Kier molecular flexibility index (Phi) is 7.22. The first kappa shape index (κ1) is 26.6. The van der Waals surface area contributed by atoms with E-state index in [0.717, 1.165) is 16.2 Å². The van der Waals surface area contributed by atoms with Gasteiger partial charge in [-0.2, -0.15) is 4.57 Å². The quantitative estimate of drug-likeness (QED) is 0.138. The molecule has 3 aliphatic rings. The van der Waals surface area contributed by atoms with Gasteiger partial charge in [0, 0.05) is 29.5 Å². The Balaban J connectivity index is 1.36. The molecule has 5 rings (SSSR count). The number of carbonyl (C=O) groups excluding carboxylic acids is 3. The molecule has 0 bridgehead atoms. The lowest BCUT2D eigenvalue weighted by atomic mass is 10.0. The number of aliphatic carboxylic acids is 2. The van der Waals surface area contributed by atoms with E-state index in [1.807, 2.05) is 0 Å². The number of carboxylic acids is 2. The molecule has 2 aliphatic heterocycles. The Morgan fingerprint density at radius 3 is 2.64 bits per heavy atom. The van der Waals surface area contributed by atoms with Gasteiger partial charge < -0.3 is 30.9 Å². The average molecular weight is 574 g/mol. The number of nitrogens with two attached hydrogens (primary N) is 1. The number of rotatable bonds is 9. The van der Waals surface area contributed by atoms with Gasteiger partial charge in [-0.3, -0.25) is 19.5 Å². The number of hydrogen-bond donors (Lipinski definition) is 3. The zero-order valence-corrected chi connectivity index (χ0v) is 21.9. The highest BCUT2D eigenvalue weighted by Gasteiger charge is 2.53. The minimum atomic E-state index is -1.56. The molecule has 2 aromatic rings. The third-order valence-corrected chi connectivity index (χ3v) is 8.69. The van der Waals surface area contributed by atoms with Crippen LogP contribution in [0.4, 0.5) is 5.13 Å². The molecule has 2 amide bonds. The first-order valence-corrected chi connectivity index (χ1v) is 13.8. The van der Waals surface area contributed by atoms with Crippen LogP contribution in [-0.2, 0) is 30.6 Å². The van der Waals surface area contributed by atoms with Crippen molar-refractivity contribution in [1.29, 1.82) is 0 Å². The van der Waals surface area contributed by atoms with Crippen molar-refractivity contribution < 1.29 is 38.8 Å². The standard InChI is InChI=1S/C23H23N7O7S2/c24-22-26-13(11-39-22)14(28-37-23(21(35)36)3-1-2-4-23)17(31)27-15-18(32)30-16(20(33)34)12(10-38-19(15)30)9-29-7-5-25-6-8-29/h5-8,11,15,19H,1-4,9-10H2,(H4-,24,26,27,31,33,34,35,36)/b28-14+/t15?,19-/m1/s1. The molecule has 1 unspecified atom stereocenters. The zero-order chi connectivity index (χ0) is 27.7. The maximum Gasteiger partial charge on any atom is 0.350 e. The molecule has 4 N–H and O–H groups in total. The fourth-order valence-corrected chi connectivity index (χ4v) is 6.58. The smallest absolute Gasteiger partial charge is 0.350 e. The zero-order valence-electron chi connectivity index (χ0n) is 20.3. The number of β-lactam (4-membered cyclic amide) rings is 1. The Morgan fingerprint density at radius 2 is 2.03 bits per heavy atom. The number of amides is 2.